The van der Waals surface area contributed by atoms with Gasteiger partial charge in [-0.15, -0.1) is 0 Å². The normalized spacial score (nSPS) is 17.1. The van der Waals surface area contributed by atoms with Crippen LogP contribution in [0.4, 0.5) is 5.69 Å². The molecule has 1 N–H and O–H groups in total. The van der Waals surface area contributed by atoms with Gasteiger partial charge < -0.3 is 5.32 Å². The number of carbonyl (C=O) groups is 1. The van der Waals surface area contributed by atoms with Crippen molar-refractivity contribution >= 4 is 80.3 Å². The van der Waals surface area contributed by atoms with Gasteiger partial charge in [-0.3, -0.25) is 9.78 Å². The zero-order valence-electron chi connectivity index (χ0n) is 13.5. The lowest BCUT2D eigenvalue weighted by atomic mass is 10.1. The summed E-state index contributed by atoms with van der Waals surface area (Å²) in [7, 11) is 0. The first-order chi connectivity index (χ1) is 13.0. The van der Waals surface area contributed by atoms with Crippen molar-refractivity contribution in [1.29, 1.82) is 0 Å². The summed E-state index contributed by atoms with van der Waals surface area (Å²) >= 11 is 19.7. The molecule has 0 radical (unpaired) electrons. The van der Waals surface area contributed by atoms with Crippen LogP contribution in [0.3, 0.4) is 0 Å². The third kappa shape index (κ3) is 3.82. The second-order valence-electron chi connectivity index (χ2n) is 5.62. The number of pyridine rings is 1. The van der Waals surface area contributed by atoms with Crippen molar-refractivity contribution in [3.63, 3.8) is 0 Å². The first kappa shape index (κ1) is 18.3. The number of nitrogens with one attached hydrogen (secondary N) is 1. The first-order valence-electron chi connectivity index (χ1n) is 7.79. The molecule has 0 aliphatic carbocycles. The topological polar surface area (TPSA) is 54.4 Å². The van der Waals surface area contributed by atoms with Gasteiger partial charge in [0.05, 0.1) is 25.5 Å². The Balaban J connectivity index is 1.67. The van der Waals surface area contributed by atoms with Crippen molar-refractivity contribution in [2.45, 2.75) is 0 Å². The molecule has 0 atom stereocenters. The Morgan fingerprint density at radius 1 is 1.04 bits per heavy atom. The smallest absolute Gasteiger partial charge is 0.264 e. The first-order valence-corrected chi connectivity index (χ1v) is 9.74. The molecule has 1 saturated heterocycles. The summed E-state index contributed by atoms with van der Waals surface area (Å²) in [6.45, 7) is 0. The molecule has 1 amide bonds. The maximum absolute atomic E-state index is 12.3. The number of benzene rings is 2. The Morgan fingerprint density at radius 3 is 2.59 bits per heavy atom. The number of nitrogens with zero attached hydrogens (tertiary/aromatic N) is 2. The second-order valence-corrected chi connectivity index (χ2v) is 7.87. The Bertz CT molecular complexity index is 1120. The zero-order valence-corrected chi connectivity index (χ0v) is 16.6. The van der Waals surface area contributed by atoms with Gasteiger partial charge in [0.15, 0.2) is 5.17 Å². The van der Waals surface area contributed by atoms with Crippen LogP contribution >= 0.6 is 46.6 Å². The van der Waals surface area contributed by atoms with Gasteiger partial charge in [-0.25, -0.2) is 4.99 Å². The molecule has 0 bridgehead atoms. The van der Waals surface area contributed by atoms with E-state index >= 15 is 0 Å². The van der Waals surface area contributed by atoms with Crippen molar-refractivity contribution in [1.82, 2.24) is 10.3 Å². The molecule has 2 heterocycles. The summed E-state index contributed by atoms with van der Waals surface area (Å²) in [5, 5.41) is 5.41. The van der Waals surface area contributed by atoms with E-state index in [1.165, 1.54) is 11.8 Å². The third-order valence-corrected chi connectivity index (χ3v) is 5.66. The molecule has 3 aromatic rings. The summed E-state index contributed by atoms with van der Waals surface area (Å²) < 4.78 is 0. The molecule has 1 aliphatic heterocycles. The molecule has 27 heavy (non-hydrogen) atoms. The van der Waals surface area contributed by atoms with Crippen LogP contribution in [0, 0.1) is 0 Å². The number of hydrogen-bond acceptors (Lipinski definition) is 4. The van der Waals surface area contributed by atoms with E-state index in [1.54, 1.807) is 36.5 Å². The number of halogens is 3. The Labute approximate surface area is 174 Å². The fourth-order valence-corrected chi connectivity index (χ4v) is 4.07. The van der Waals surface area contributed by atoms with Crippen molar-refractivity contribution in [2.75, 3.05) is 0 Å². The van der Waals surface area contributed by atoms with E-state index < -0.39 is 0 Å². The number of aliphatic imine (C=N–C) groups is 1. The summed E-state index contributed by atoms with van der Waals surface area (Å²) in [5.74, 6) is -0.237. The van der Waals surface area contributed by atoms with Gasteiger partial charge in [0.1, 0.15) is 5.69 Å². The van der Waals surface area contributed by atoms with E-state index in [9.17, 15) is 4.79 Å². The largest absolute Gasteiger partial charge is 0.300 e. The predicted octanol–water partition coefficient (Wildman–Crippen LogP) is 6.09. The highest BCUT2D eigenvalue weighted by atomic mass is 35.5. The van der Waals surface area contributed by atoms with Gasteiger partial charge in [0, 0.05) is 11.6 Å². The maximum Gasteiger partial charge on any atom is 0.264 e. The molecule has 1 aromatic heterocycles. The predicted molar refractivity (Wildman–Crippen MR) is 114 cm³/mol. The number of fused-ring (bicyclic) bond motifs is 1. The lowest BCUT2D eigenvalue weighted by molar-refractivity contribution is -0.115. The van der Waals surface area contributed by atoms with E-state index in [0.29, 0.717) is 30.8 Å². The minimum Gasteiger partial charge on any atom is -0.300 e. The third-order valence-electron chi connectivity index (χ3n) is 3.81. The number of rotatable bonds is 2. The highest BCUT2D eigenvalue weighted by molar-refractivity contribution is 8.18. The number of aromatic nitrogens is 1. The van der Waals surface area contributed by atoms with E-state index in [4.69, 9.17) is 34.8 Å². The van der Waals surface area contributed by atoms with Crippen LogP contribution in [-0.4, -0.2) is 16.1 Å². The number of amidine groups is 1. The molecule has 0 unspecified atom stereocenters. The summed E-state index contributed by atoms with van der Waals surface area (Å²) in [5.41, 5.74) is 2.06. The van der Waals surface area contributed by atoms with Crippen LogP contribution in [0.2, 0.25) is 15.1 Å². The fraction of sp³-hybridized carbons (Fsp3) is 0. The average molecular weight is 435 g/mol. The van der Waals surface area contributed by atoms with Crippen LogP contribution in [0.15, 0.2) is 58.6 Å². The fourth-order valence-electron chi connectivity index (χ4n) is 2.55. The maximum atomic E-state index is 12.3. The molecular formula is C19H10Cl3N3OS. The standard InChI is InChI=1S/C19H10Cl3N3OS/c20-12-6-7-23-15-5-4-10(8-11(12)15)9-16-18(26)25-19(27-16)24-17-13(21)2-1-3-14(17)22/h1-9H,(H,24,25,26)/b16-9+. The minimum atomic E-state index is -0.237. The Morgan fingerprint density at radius 2 is 1.81 bits per heavy atom. The number of thioether (sulfide) groups is 1. The SMILES string of the molecule is O=C1NC(=Nc2c(Cl)cccc2Cl)S/C1=C/c1ccc2nccc(Cl)c2c1. The van der Waals surface area contributed by atoms with Crippen LogP contribution in [0.25, 0.3) is 17.0 Å². The van der Waals surface area contributed by atoms with E-state index in [1.807, 2.05) is 18.2 Å². The summed E-state index contributed by atoms with van der Waals surface area (Å²) in [4.78, 5) is 21.5. The molecule has 8 heteroatoms. The van der Waals surface area contributed by atoms with Crippen LogP contribution in [-0.2, 0) is 4.79 Å². The number of amides is 1. The molecule has 4 rings (SSSR count). The molecule has 0 spiro atoms. The lowest BCUT2D eigenvalue weighted by Crippen LogP contribution is -2.19. The molecular weight excluding hydrogens is 425 g/mol. The van der Waals surface area contributed by atoms with Crippen LogP contribution in [0.5, 0.6) is 0 Å². The number of para-hydroxylation sites is 1. The average Bonchev–Trinajstić information content (AvgIpc) is 2.98. The van der Waals surface area contributed by atoms with Crippen molar-refractivity contribution in [2.24, 2.45) is 4.99 Å². The molecule has 0 saturated carbocycles. The minimum absolute atomic E-state index is 0.237. The van der Waals surface area contributed by atoms with E-state index in [2.05, 4.69) is 15.3 Å². The highest BCUT2D eigenvalue weighted by Crippen LogP contribution is 2.35. The van der Waals surface area contributed by atoms with Gasteiger partial charge in [-0.2, -0.15) is 0 Å². The number of carbonyl (C=O) groups excluding carboxylic acids is 1. The van der Waals surface area contributed by atoms with Crippen LogP contribution < -0.4 is 5.32 Å². The molecule has 4 nitrogen and oxygen atoms in total. The molecule has 1 fully saturated rings. The lowest BCUT2D eigenvalue weighted by Gasteiger charge is -2.02. The van der Waals surface area contributed by atoms with Gasteiger partial charge in [-0.05, 0) is 53.7 Å². The van der Waals surface area contributed by atoms with Gasteiger partial charge in [0.25, 0.3) is 5.91 Å². The van der Waals surface area contributed by atoms with Gasteiger partial charge in [-0.1, -0.05) is 46.9 Å². The van der Waals surface area contributed by atoms with Gasteiger partial charge >= 0.3 is 0 Å². The quantitative estimate of drug-likeness (QED) is 0.497. The van der Waals surface area contributed by atoms with E-state index in [0.717, 1.165) is 16.5 Å². The Kier molecular flexibility index (Phi) is 5.10. The molecule has 134 valence electrons. The zero-order chi connectivity index (χ0) is 19.0. The molecule has 1 aliphatic rings. The molecule has 2 aromatic carbocycles. The van der Waals surface area contributed by atoms with Crippen molar-refractivity contribution in [3.05, 3.63) is 74.2 Å². The second kappa shape index (κ2) is 7.52. The highest BCUT2D eigenvalue weighted by Gasteiger charge is 2.24. The number of hydrogen-bond donors (Lipinski definition) is 1. The summed E-state index contributed by atoms with van der Waals surface area (Å²) in [6, 6.07) is 12.5. The van der Waals surface area contributed by atoms with Crippen LogP contribution in [0.1, 0.15) is 5.56 Å². The monoisotopic (exact) mass is 433 g/mol. The van der Waals surface area contributed by atoms with Crippen molar-refractivity contribution in [3.8, 4) is 0 Å². The summed E-state index contributed by atoms with van der Waals surface area (Å²) in [6.07, 6.45) is 3.44. The Hall–Kier alpha value is -2.05. The van der Waals surface area contributed by atoms with E-state index in [-0.39, 0.29) is 5.91 Å². The van der Waals surface area contributed by atoms with Gasteiger partial charge in [0.2, 0.25) is 0 Å². The van der Waals surface area contributed by atoms with Crippen molar-refractivity contribution < 1.29 is 4.79 Å².